The largest absolute Gasteiger partial charge is 0.466 e. The van der Waals surface area contributed by atoms with E-state index in [1.165, 1.54) is 5.56 Å². The van der Waals surface area contributed by atoms with Crippen LogP contribution in [0.3, 0.4) is 0 Å². The van der Waals surface area contributed by atoms with Crippen molar-refractivity contribution >= 4 is 0 Å². The van der Waals surface area contributed by atoms with Crippen LogP contribution in [-0.2, 0) is 12.0 Å². The molecule has 1 aromatic heterocycles. The van der Waals surface area contributed by atoms with E-state index < -0.39 is 5.60 Å². The Bertz CT molecular complexity index is 473. The summed E-state index contributed by atoms with van der Waals surface area (Å²) in [6, 6.07) is 11.7. The number of aryl methyl sites for hydroxylation is 1. The lowest BCUT2D eigenvalue weighted by Crippen LogP contribution is -2.22. The molecule has 0 aliphatic heterocycles. The van der Waals surface area contributed by atoms with E-state index in [0.717, 1.165) is 12.0 Å². The molecule has 0 amide bonds. The molecular weight excluding hydrogens is 188 g/mol. The molecule has 1 aromatic carbocycles. The molecule has 0 saturated heterocycles. The van der Waals surface area contributed by atoms with Gasteiger partial charge in [-0.1, -0.05) is 24.3 Å². The Labute approximate surface area is 88.2 Å². The van der Waals surface area contributed by atoms with Crippen molar-refractivity contribution in [1.82, 2.24) is 0 Å². The minimum atomic E-state index is -0.917. The highest BCUT2D eigenvalue weighted by molar-refractivity contribution is 5.42. The molecule has 76 valence electrons. The Hall–Kier alpha value is -1.54. The maximum Gasteiger partial charge on any atom is 0.148 e. The van der Waals surface area contributed by atoms with Crippen molar-refractivity contribution in [3.63, 3.8) is 0 Å². The normalized spacial score (nSPS) is 24.1. The lowest BCUT2D eigenvalue weighted by atomic mass is 9.93. The van der Waals surface area contributed by atoms with Crippen LogP contribution in [0.15, 0.2) is 47.1 Å². The van der Waals surface area contributed by atoms with Gasteiger partial charge in [-0.25, -0.2) is 0 Å². The molecule has 1 aliphatic rings. The average molecular weight is 200 g/mol. The first kappa shape index (κ1) is 8.74. The van der Waals surface area contributed by atoms with Crippen LogP contribution in [0, 0.1) is 0 Å². The summed E-state index contributed by atoms with van der Waals surface area (Å²) in [7, 11) is 0. The number of rotatable bonds is 1. The molecule has 0 bridgehead atoms. The lowest BCUT2D eigenvalue weighted by Gasteiger charge is -2.21. The molecule has 1 atom stereocenters. The van der Waals surface area contributed by atoms with E-state index in [9.17, 15) is 5.11 Å². The number of hydrogen-bond donors (Lipinski definition) is 1. The first-order valence-electron chi connectivity index (χ1n) is 5.15. The zero-order valence-electron chi connectivity index (χ0n) is 8.31. The highest BCUT2D eigenvalue weighted by atomic mass is 16.4. The summed E-state index contributed by atoms with van der Waals surface area (Å²) < 4.78 is 5.33. The van der Waals surface area contributed by atoms with Gasteiger partial charge in [-0.05, 0) is 36.1 Å². The summed E-state index contributed by atoms with van der Waals surface area (Å²) in [4.78, 5) is 0. The van der Waals surface area contributed by atoms with Crippen LogP contribution in [0.2, 0.25) is 0 Å². The predicted molar refractivity (Wildman–Crippen MR) is 56.5 cm³/mol. The standard InChI is InChI=1S/C13H12O2/c14-13(12-6-3-9-15-12)8-7-10-4-1-2-5-11(10)13/h1-6,9,14H,7-8H2. The number of furan rings is 1. The van der Waals surface area contributed by atoms with E-state index in [0.29, 0.717) is 12.2 Å². The van der Waals surface area contributed by atoms with Gasteiger partial charge in [-0.2, -0.15) is 0 Å². The topological polar surface area (TPSA) is 33.4 Å². The Morgan fingerprint density at radius 3 is 2.80 bits per heavy atom. The molecule has 2 nitrogen and oxygen atoms in total. The highest BCUT2D eigenvalue weighted by Gasteiger charge is 2.40. The fraction of sp³-hybridized carbons (Fsp3) is 0.231. The Morgan fingerprint density at radius 2 is 2.00 bits per heavy atom. The van der Waals surface area contributed by atoms with Crippen LogP contribution in [0.5, 0.6) is 0 Å². The van der Waals surface area contributed by atoms with Crippen molar-refractivity contribution < 1.29 is 9.52 Å². The SMILES string of the molecule is OC1(c2ccco2)CCc2ccccc21. The quantitative estimate of drug-likeness (QED) is 0.767. The van der Waals surface area contributed by atoms with Gasteiger partial charge in [0.05, 0.1) is 6.26 Å². The van der Waals surface area contributed by atoms with Gasteiger partial charge < -0.3 is 9.52 Å². The number of aliphatic hydroxyl groups is 1. The van der Waals surface area contributed by atoms with Gasteiger partial charge in [-0.15, -0.1) is 0 Å². The molecule has 0 spiro atoms. The highest BCUT2D eigenvalue weighted by Crippen LogP contribution is 2.41. The molecule has 3 rings (SSSR count). The predicted octanol–water partition coefficient (Wildman–Crippen LogP) is 2.46. The minimum absolute atomic E-state index is 0.646. The van der Waals surface area contributed by atoms with E-state index in [1.54, 1.807) is 6.26 Å². The van der Waals surface area contributed by atoms with Gasteiger partial charge in [0.2, 0.25) is 0 Å². The third-order valence-electron chi connectivity index (χ3n) is 3.15. The van der Waals surface area contributed by atoms with E-state index in [4.69, 9.17) is 4.42 Å². The van der Waals surface area contributed by atoms with E-state index in [2.05, 4.69) is 6.07 Å². The summed E-state index contributed by atoms with van der Waals surface area (Å²) in [5.41, 5.74) is 1.29. The summed E-state index contributed by atoms with van der Waals surface area (Å²) in [5.74, 6) is 0.646. The second-order valence-corrected chi connectivity index (χ2v) is 3.99. The van der Waals surface area contributed by atoms with Crippen molar-refractivity contribution in [1.29, 1.82) is 0 Å². The minimum Gasteiger partial charge on any atom is -0.466 e. The van der Waals surface area contributed by atoms with Crippen LogP contribution >= 0.6 is 0 Å². The maximum atomic E-state index is 10.6. The van der Waals surface area contributed by atoms with Crippen LogP contribution in [0.4, 0.5) is 0 Å². The number of fused-ring (bicyclic) bond motifs is 1. The van der Waals surface area contributed by atoms with Gasteiger partial charge in [0.1, 0.15) is 11.4 Å². The first-order chi connectivity index (χ1) is 7.31. The second-order valence-electron chi connectivity index (χ2n) is 3.99. The van der Waals surface area contributed by atoms with Gasteiger partial charge in [0, 0.05) is 0 Å². The van der Waals surface area contributed by atoms with Crippen molar-refractivity contribution in [2.45, 2.75) is 18.4 Å². The third kappa shape index (κ3) is 1.15. The van der Waals surface area contributed by atoms with E-state index in [1.807, 2.05) is 30.3 Å². The number of benzene rings is 1. The smallest absolute Gasteiger partial charge is 0.148 e. The van der Waals surface area contributed by atoms with Crippen molar-refractivity contribution in [3.05, 3.63) is 59.5 Å². The lowest BCUT2D eigenvalue weighted by molar-refractivity contribution is 0.0587. The molecule has 15 heavy (non-hydrogen) atoms. The molecule has 1 N–H and O–H groups in total. The first-order valence-corrected chi connectivity index (χ1v) is 5.15. The summed E-state index contributed by atoms with van der Waals surface area (Å²) in [6.07, 6.45) is 3.22. The van der Waals surface area contributed by atoms with E-state index >= 15 is 0 Å². The van der Waals surface area contributed by atoms with Crippen LogP contribution in [-0.4, -0.2) is 5.11 Å². The molecule has 0 radical (unpaired) electrons. The second kappa shape index (κ2) is 2.97. The van der Waals surface area contributed by atoms with Crippen molar-refractivity contribution in [2.75, 3.05) is 0 Å². The summed E-state index contributed by atoms with van der Waals surface area (Å²) in [5, 5.41) is 10.6. The average Bonchev–Trinajstić information content (AvgIpc) is 2.88. The van der Waals surface area contributed by atoms with Crippen LogP contribution in [0.25, 0.3) is 0 Å². The fourth-order valence-electron chi connectivity index (χ4n) is 2.36. The third-order valence-corrected chi connectivity index (χ3v) is 3.15. The maximum absolute atomic E-state index is 10.6. The molecular formula is C13H12O2. The van der Waals surface area contributed by atoms with Gasteiger partial charge in [0.15, 0.2) is 0 Å². The Kier molecular flexibility index (Phi) is 1.73. The molecule has 2 heteroatoms. The van der Waals surface area contributed by atoms with Gasteiger partial charge in [0.25, 0.3) is 0 Å². The molecule has 2 aromatic rings. The van der Waals surface area contributed by atoms with Gasteiger partial charge >= 0.3 is 0 Å². The Balaban J connectivity index is 2.17. The zero-order valence-corrected chi connectivity index (χ0v) is 8.31. The zero-order chi connectivity index (χ0) is 10.3. The van der Waals surface area contributed by atoms with Crippen molar-refractivity contribution in [3.8, 4) is 0 Å². The monoisotopic (exact) mass is 200 g/mol. The molecule has 1 heterocycles. The summed E-state index contributed by atoms with van der Waals surface area (Å²) in [6.45, 7) is 0. The fourth-order valence-corrected chi connectivity index (χ4v) is 2.36. The van der Waals surface area contributed by atoms with Crippen molar-refractivity contribution in [2.24, 2.45) is 0 Å². The van der Waals surface area contributed by atoms with E-state index in [-0.39, 0.29) is 0 Å². The number of hydrogen-bond acceptors (Lipinski definition) is 2. The van der Waals surface area contributed by atoms with Gasteiger partial charge in [-0.3, -0.25) is 0 Å². The molecule has 1 unspecified atom stereocenters. The Morgan fingerprint density at radius 1 is 1.13 bits per heavy atom. The molecule has 1 aliphatic carbocycles. The summed E-state index contributed by atoms with van der Waals surface area (Å²) >= 11 is 0. The molecule has 0 saturated carbocycles. The van der Waals surface area contributed by atoms with Crippen LogP contribution in [0.1, 0.15) is 23.3 Å². The molecule has 0 fully saturated rings. The van der Waals surface area contributed by atoms with Crippen LogP contribution < -0.4 is 0 Å².